The Bertz CT molecular complexity index is 444. The van der Waals surface area contributed by atoms with Gasteiger partial charge in [0.05, 0.1) is 13.3 Å². The van der Waals surface area contributed by atoms with Crippen LogP contribution in [0.25, 0.3) is 0 Å². The molecular weight excluding hydrogens is 232 g/mol. The Labute approximate surface area is 106 Å². The van der Waals surface area contributed by atoms with Gasteiger partial charge in [0.1, 0.15) is 5.69 Å². The molecule has 98 valence electrons. The van der Waals surface area contributed by atoms with Crippen LogP contribution in [0.3, 0.4) is 0 Å². The second kappa shape index (κ2) is 5.20. The molecule has 18 heavy (non-hydrogen) atoms. The van der Waals surface area contributed by atoms with Crippen LogP contribution in [0.1, 0.15) is 19.3 Å². The Morgan fingerprint density at radius 1 is 1.50 bits per heavy atom. The minimum absolute atomic E-state index is 0.0538. The lowest BCUT2D eigenvalue weighted by atomic mass is 9.85. The van der Waals surface area contributed by atoms with E-state index in [1.807, 2.05) is 19.0 Å². The van der Waals surface area contributed by atoms with Crippen molar-refractivity contribution in [3.8, 4) is 6.01 Å². The minimum atomic E-state index is 0.0538. The van der Waals surface area contributed by atoms with Crippen molar-refractivity contribution in [3.05, 3.63) is 6.20 Å². The topological polar surface area (TPSA) is 67.3 Å². The van der Waals surface area contributed by atoms with Gasteiger partial charge in [-0.25, -0.2) is 4.98 Å². The highest BCUT2D eigenvalue weighted by Gasteiger charge is 2.26. The molecule has 0 saturated heterocycles. The van der Waals surface area contributed by atoms with Gasteiger partial charge in [-0.1, -0.05) is 6.42 Å². The van der Waals surface area contributed by atoms with Gasteiger partial charge in [0.2, 0.25) is 5.91 Å². The summed E-state index contributed by atoms with van der Waals surface area (Å²) in [5, 5.41) is 2.88. The first-order valence-corrected chi connectivity index (χ1v) is 6.01. The van der Waals surface area contributed by atoms with E-state index in [1.54, 1.807) is 6.20 Å². The summed E-state index contributed by atoms with van der Waals surface area (Å²) in [6, 6.07) is 0.292. The summed E-state index contributed by atoms with van der Waals surface area (Å²) in [7, 11) is 5.24. The Balaban J connectivity index is 2.17. The van der Waals surface area contributed by atoms with E-state index in [9.17, 15) is 4.79 Å². The lowest BCUT2D eigenvalue weighted by Crippen LogP contribution is -2.29. The highest BCUT2D eigenvalue weighted by molar-refractivity contribution is 5.95. The van der Waals surface area contributed by atoms with Crippen LogP contribution in [0.2, 0.25) is 0 Å². The third kappa shape index (κ3) is 2.52. The monoisotopic (exact) mass is 250 g/mol. The van der Waals surface area contributed by atoms with Crippen LogP contribution in [0.4, 0.5) is 11.5 Å². The van der Waals surface area contributed by atoms with E-state index >= 15 is 0 Å². The van der Waals surface area contributed by atoms with Crippen molar-refractivity contribution in [3.63, 3.8) is 0 Å². The van der Waals surface area contributed by atoms with Crippen molar-refractivity contribution in [1.29, 1.82) is 0 Å². The van der Waals surface area contributed by atoms with Gasteiger partial charge in [0.25, 0.3) is 0 Å². The summed E-state index contributed by atoms with van der Waals surface area (Å²) >= 11 is 0. The molecular formula is C12H18N4O2. The van der Waals surface area contributed by atoms with E-state index in [2.05, 4.69) is 15.3 Å². The molecule has 1 aliphatic rings. The summed E-state index contributed by atoms with van der Waals surface area (Å²) in [5.41, 5.74) is 0.623. The molecule has 2 rings (SSSR count). The summed E-state index contributed by atoms with van der Waals surface area (Å²) in [5.74, 6) is 0.842. The molecule has 0 radical (unpaired) electrons. The first-order chi connectivity index (χ1) is 8.61. The largest absolute Gasteiger partial charge is 0.467 e. The smallest absolute Gasteiger partial charge is 0.318 e. The fraction of sp³-hybridized carbons (Fsp3) is 0.583. The Morgan fingerprint density at radius 2 is 2.22 bits per heavy atom. The van der Waals surface area contributed by atoms with Gasteiger partial charge < -0.3 is 15.0 Å². The van der Waals surface area contributed by atoms with Gasteiger partial charge in [-0.05, 0) is 12.8 Å². The number of carbonyl (C=O) groups is 1. The Morgan fingerprint density at radius 3 is 2.72 bits per heavy atom. The van der Waals surface area contributed by atoms with Crippen LogP contribution < -0.4 is 15.0 Å². The number of aromatic nitrogens is 2. The van der Waals surface area contributed by atoms with Crippen molar-refractivity contribution >= 4 is 17.4 Å². The molecule has 1 aliphatic carbocycles. The second-order valence-corrected chi connectivity index (χ2v) is 4.61. The Hall–Kier alpha value is -1.85. The van der Waals surface area contributed by atoms with Crippen molar-refractivity contribution in [2.24, 2.45) is 5.92 Å². The number of amides is 1. The number of nitrogens with zero attached hydrogens (tertiary/aromatic N) is 3. The second-order valence-electron chi connectivity index (χ2n) is 4.61. The number of rotatable bonds is 4. The van der Waals surface area contributed by atoms with Crippen molar-refractivity contribution in [2.75, 3.05) is 31.4 Å². The molecule has 6 nitrogen and oxygen atoms in total. The molecule has 0 bridgehead atoms. The van der Waals surface area contributed by atoms with Crippen molar-refractivity contribution in [1.82, 2.24) is 9.97 Å². The van der Waals surface area contributed by atoms with E-state index in [0.29, 0.717) is 17.5 Å². The maximum atomic E-state index is 11.9. The molecule has 1 amide bonds. The first-order valence-electron chi connectivity index (χ1n) is 6.01. The fourth-order valence-electron chi connectivity index (χ4n) is 1.79. The average Bonchev–Trinajstić information content (AvgIpc) is 2.26. The summed E-state index contributed by atoms with van der Waals surface area (Å²) in [6.45, 7) is 0. The van der Waals surface area contributed by atoms with Gasteiger partial charge in [-0.2, -0.15) is 4.98 Å². The predicted octanol–water partition coefficient (Wildman–Crippen LogP) is 1.29. The number of ether oxygens (including phenoxy) is 1. The highest BCUT2D eigenvalue weighted by atomic mass is 16.5. The normalized spacial score (nSPS) is 14.8. The van der Waals surface area contributed by atoms with Crippen molar-refractivity contribution in [2.45, 2.75) is 19.3 Å². The Kier molecular flexibility index (Phi) is 3.64. The SMILES string of the molecule is COc1ncc(NC(=O)C2CCC2)c(N(C)C)n1. The van der Waals surface area contributed by atoms with E-state index in [1.165, 1.54) is 7.11 Å². The minimum Gasteiger partial charge on any atom is -0.467 e. The molecule has 0 unspecified atom stereocenters. The standard InChI is InChI=1S/C12H18N4O2/c1-16(2)10-9(7-13-12(15-10)18-3)14-11(17)8-5-4-6-8/h7-8H,4-6H2,1-3H3,(H,14,17). The summed E-state index contributed by atoms with van der Waals surface area (Å²) < 4.78 is 4.98. The van der Waals surface area contributed by atoms with Crippen LogP contribution >= 0.6 is 0 Å². The molecule has 1 saturated carbocycles. The number of hydrogen-bond acceptors (Lipinski definition) is 5. The van der Waals surface area contributed by atoms with Gasteiger partial charge in [0.15, 0.2) is 5.82 Å². The molecule has 1 aromatic rings. The molecule has 6 heteroatoms. The van der Waals surface area contributed by atoms with Crippen molar-refractivity contribution < 1.29 is 9.53 Å². The quantitative estimate of drug-likeness (QED) is 0.872. The lowest BCUT2D eigenvalue weighted by molar-refractivity contribution is -0.122. The summed E-state index contributed by atoms with van der Waals surface area (Å²) in [6.07, 6.45) is 4.66. The number of hydrogen-bond donors (Lipinski definition) is 1. The molecule has 0 spiro atoms. The zero-order valence-electron chi connectivity index (χ0n) is 10.9. The maximum absolute atomic E-state index is 11.9. The third-order valence-electron chi connectivity index (χ3n) is 3.09. The first kappa shape index (κ1) is 12.6. The van der Waals surface area contributed by atoms with E-state index in [-0.39, 0.29) is 11.8 Å². The fourth-order valence-corrected chi connectivity index (χ4v) is 1.79. The van der Waals surface area contributed by atoms with Gasteiger partial charge in [-0.15, -0.1) is 0 Å². The average molecular weight is 250 g/mol. The molecule has 0 aromatic carbocycles. The highest BCUT2D eigenvalue weighted by Crippen LogP contribution is 2.29. The zero-order valence-corrected chi connectivity index (χ0v) is 10.9. The number of nitrogens with one attached hydrogen (secondary N) is 1. The number of methoxy groups -OCH3 is 1. The predicted molar refractivity (Wildman–Crippen MR) is 68.9 cm³/mol. The van der Waals surface area contributed by atoms with Crippen LogP contribution in [0.5, 0.6) is 6.01 Å². The molecule has 1 heterocycles. The maximum Gasteiger partial charge on any atom is 0.318 e. The molecule has 0 atom stereocenters. The molecule has 1 N–H and O–H groups in total. The van der Waals surface area contributed by atoms with Crippen LogP contribution in [0.15, 0.2) is 6.20 Å². The van der Waals surface area contributed by atoms with E-state index < -0.39 is 0 Å². The number of anilines is 2. The lowest BCUT2D eigenvalue weighted by Gasteiger charge is -2.25. The number of carbonyl (C=O) groups excluding carboxylic acids is 1. The van der Waals surface area contributed by atoms with Crippen LogP contribution in [-0.2, 0) is 4.79 Å². The van der Waals surface area contributed by atoms with Gasteiger partial charge >= 0.3 is 6.01 Å². The van der Waals surface area contributed by atoms with Crippen LogP contribution in [0, 0.1) is 5.92 Å². The molecule has 0 aliphatic heterocycles. The van der Waals surface area contributed by atoms with E-state index in [4.69, 9.17) is 4.74 Å². The summed E-state index contributed by atoms with van der Waals surface area (Å²) in [4.78, 5) is 22.0. The van der Waals surface area contributed by atoms with Gasteiger partial charge in [-0.3, -0.25) is 4.79 Å². The third-order valence-corrected chi connectivity index (χ3v) is 3.09. The molecule has 1 aromatic heterocycles. The zero-order chi connectivity index (χ0) is 13.1. The van der Waals surface area contributed by atoms with Crippen LogP contribution in [-0.4, -0.2) is 37.1 Å². The molecule has 1 fully saturated rings. The van der Waals surface area contributed by atoms with E-state index in [0.717, 1.165) is 19.3 Å². The van der Waals surface area contributed by atoms with Gasteiger partial charge in [0, 0.05) is 20.0 Å².